The summed E-state index contributed by atoms with van der Waals surface area (Å²) in [5.41, 5.74) is 13.3. The first kappa shape index (κ1) is 49.5. The number of piperazine rings is 2. The second kappa shape index (κ2) is 20.9. The van der Waals surface area contributed by atoms with E-state index in [4.69, 9.17) is 20.9 Å². The number of ether oxygens (including phenoxy) is 2. The van der Waals surface area contributed by atoms with Crippen LogP contribution in [0.3, 0.4) is 0 Å². The minimum atomic E-state index is -3.65. The van der Waals surface area contributed by atoms with Crippen LogP contribution in [0.5, 0.6) is 0 Å². The minimum Gasteiger partial charge on any atom is -0.386 e. The first-order valence-corrected chi connectivity index (χ1v) is 25.9. The molecule has 0 aliphatic carbocycles. The van der Waals surface area contributed by atoms with Crippen LogP contribution in [0, 0.1) is 11.8 Å². The molecule has 4 saturated heterocycles. The van der Waals surface area contributed by atoms with E-state index in [1.165, 1.54) is 36.7 Å². The maximum Gasteiger partial charge on any atom is 0.244 e. The number of rotatable bonds is 12. The number of nitrogens with zero attached hydrogens (tertiary/aromatic N) is 6. The third kappa shape index (κ3) is 12.2. The maximum atomic E-state index is 13.3. The Bertz CT molecular complexity index is 2230. The lowest BCUT2D eigenvalue weighted by atomic mass is 9.90. The molecule has 0 amide bonds. The van der Waals surface area contributed by atoms with Crippen LogP contribution >= 0.6 is 0 Å². The molecular weight excluding hydrogens is 881 g/mol. The van der Waals surface area contributed by atoms with Gasteiger partial charge in [-0.3, -0.25) is 0 Å². The second-order valence-corrected chi connectivity index (χ2v) is 22.9. The van der Waals surface area contributed by atoms with E-state index < -0.39 is 31.2 Å². The Morgan fingerprint density at radius 3 is 1.21 bits per heavy atom. The van der Waals surface area contributed by atoms with Crippen molar-refractivity contribution in [2.24, 2.45) is 11.8 Å². The van der Waals surface area contributed by atoms with Crippen molar-refractivity contribution in [3.63, 3.8) is 0 Å². The molecule has 2 aromatic carbocycles. The van der Waals surface area contributed by atoms with Gasteiger partial charge in [0.1, 0.15) is 21.4 Å². The lowest BCUT2D eigenvalue weighted by Crippen LogP contribution is -2.55. The van der Waals surface area contributed by atoms with E-state index in [0.717, 1.165) is 87.5 Å². The van der Waals surface area contributed by atoms with Crippen molar-refractivity contribution < 1.29 is 36.5 Å². The Labute approximate surface area is 391 Å². The zero-order valence-electron chi connectivity index (χ0n) is 38.7. The summed E-state index contributed by atoms with van der Waals surface area (Å²) in [6.45, 7) is 12.9. The number of pyridine rings is 2. The first-order valence-electron chi connectivity index (χ1n) is 23.1. The smallest absolute Gasteiger partial charge is 0.244 e. The summed E-state index contributed by atoms with van der Waals surface area (Å²) < 4.78 is 67.5. The highest BCUT2D eigenvalue weighted by Gasteiger charge is 2.38. The fourth-order valence-corrected chi connectivity index (χ4v) is 12.2. The third-order valence-electron chi connectivity index (χ3n) is 13.4. The molecule has 6 heterocycles. The van der Waals surface area contributed by atoms with Gasteiger partial charge in [0.2, 0.25) is 20.0 Å². The van der Waals surface area contributed by atoms with Gasteiger partial charge in [-0.25, -0.2) is 26.8 Å². The van der Waals surface area contributed by atoms with Crippen molar-refractivity contribution in [2.75, 3.05) is 87.0 Å². The first-order chi connectivity index (χ1) is 31.3. The topological polar surface area (TPSA) is 218 Å². The summed E-state index contributed by atoms with van der Waals surface area (Å²) >= 11 is 0. The van der Waals surface area contributed by atoms with Crippen molar-refractivity contribution in [1.29, 1.82) is 0 Å². The number of anilines is 4. The van der Waals surface area contributed by atoms with Gasteiger partial charge in [0.05, 0.1) is 11.2 Å². The van der Waals surface area contributed by atoms with Crippen LogP contribution in [0.25, 0.3) is 0 Å². The standard InChI is InChI=1S/2C24H34N4O4S/c2*1-24(2,29)19-3-5-20(6-4-19)28-12-11-27(17-21(28)15-18-9-13-32-14-10-18)33(30,31)22-7-8-23(25)26-16-22/h2*3-8,16,18,21,29H,9-15,17H2,1-2H3,(H2,25,26)/t2*21-/m00/s1. The summed E-state index contributed by atoms with van der Waals surface area (Å²) in [5.74, 6) is 1.60. The molecular formula is C48H68N8O8S2. The molecule has 0 unspecified atom stereocenters. The lowest BCUT2D eigenvalue weighted by molar-refractivity contribution is 0.0600. The largest absolute Gasteiger partial charge is 0.386 e. The molecule has 8 rings (SSSR count). The quantitative estimate of drug-likeness (QED) is 0.144. The molecule has 0 saturated carbocycles. The second-order valence-electron chi connectivity index (χ2n) is 19.1. The molecule has 4 aliphatic rings. The molecule has 6 N–H and O–H groups in total. The molecule has 0 bridgehead atoms. The molecule has 0 spiro atoms. The molecule has 18 heteroatoms. The van der Waals surface area contributed by atoms with Crippen LogP contribution in [0.2, 0.25) is 0 Å². The number of nitrogen functional groups attached to an aromatic ring is 2. The number of hydrogen-bond acceptors (Lipinski definition) is 14. The summed E-state index contributed by atoms with van der Waals surface area (Å²) in [6, 6.07) is 22.1. The number of sulfonamides is 2. The molecule has 4 aliphatic heterocycles. The van der Waals surface area contributed by atoms with Crippen molar-refractivity contribution in [2.45, 2.75) is 99.3 Å². The molecule has 4 fully saturated rings. The van der Waals surface area contributed by atoms with E-state index >= 15 is 0 Å². The van der Waals surface area contributed by atoms with Gasteiger partial charge in [-0.2, -0.15) is 8.61 Å². The molecule has 4 aromatic rings. The van der Waals surface area contributed by atoms with Gasteiger partial charge in [-0.1, -0.05) is 24.3 Å². The van der Waals surface area contributed by atoms with E-state index in [2.05, 4.69) is 19.8 Å². The Morgan fingerprint density at radius 2 is 0.909 bits per heavy atom. The Kier molecular flexibility index (Phi) is 15.6. The summed E-state index contributed by atoms with van der Waals surface area (Å²) in [5, 5.41) is 20.6. The van der Waals surface area contributed by atoms with E-state index in [0.29, 0.717) is 62.7 Å². The average molecular weight is 949 g/mol. The van der Waals surface area contributed by atoms with Crippen LogP contribution in [-0.2, 0) is 40.7 Å². The number of hydrogen-bond donors (Lipinski definition) is 4. The molecule has 360 valence electrons. The predicted octanol–water partition coefficient (Wildman–Crippen LogP) is 5.17. The van der Waals surface area contributed by atoms with Crippen LogP contribution in [0.1, 0.15) is 77.3 Å². The van der Waals surface area contributed by atoms with Crippen LogP contribution in [-0.4, -0.2) is 123 Å². The van der Waals surface area contributed by atoms with Crippen molar-refractivity contribution >= 4 is 43.1 Å². The Hall–Kier alpha value is -4.40. The zero-order chi connectivity index (χ0) is 47.3. The molecule has 0 radical (unpaired) electrons. The van der Waals surface area contributed by atoms with Crippen LogP contribution in [0.15, 0.2) is 95.0 Å². The highest BCUT2D eigenvalue weighted by Crippen LogP contribution is 2.34. The van der Waals surface area contributed by atoms with E-state index in [1.54, 1.807) is 36.3 Å². The number of aromatic nitrogens is 2. The average Bonchev–Trinajstić information content (AvgIpc) is 3.30. The van der Waals surface area contributed by atoms with E-state index in [-0.39, 0.29) is 21.9 Å². The van der Waals surface area contributed by atoms with Gasteiger partial charge >= 0.3 is 0 Å². The minimum absolute atomic E-state index is 0.0475. The van der Waals surface area contributed by atoms with Crippen LogP contribution < -0.4 is 21.3 Å². The number of benzene rings is 2. The normalized spacial score (nSPS) is 21.3. The SMILES string of the molecule is CC(C)(O)c1ccc(N2CCN(S(=O)(=O)c3ccc(N)nc3)C[C@@H]2CC2CCOCC2)cc1.CC(C)(O)c1ccc(N2CCN(S(=O)(=O)c3ccc(N)nc3)C[C@@H]2CC2CCOCC2)cc1. The highest BCUT2D eigenvalue weighted by atomic mass is 32.2. The van der Waals surface area contributed by atoms with Crippen molar-refractivity contribution in [3.05, 3.63) is 96.3 Å². The maximum absolute atomic E-state index is 13.3. The highest BCUT2D eigenvalue weighted by molar-refractivity contribution is 7.89. The van der Waals surface area contributed by atoms with E-state index in [9.17, 15) is 27.0 Å². The number of nitrogens with two attached hydrogens (primary N) is 2. The fraction of sp³-hybridized carbons (Fsp3) is 0.542. The molecule has 16 nitrogen and oxygen atoms in total. The zero-order valence-corrected chi connectivity index (χ0v) is 40.3. The van der Waals surface area contributed by atoms with Gasteiger partial charge in [0, 0.05) is 102 Å². The van der Waals surface area contributed by atoms with Gasteiger partial charge in [-0.15, -0.1) is 0 Å². The van der Waals surface area contributed by atoms with Crippen LogP contribution in [0.4, 0.5) is 23.0 Å². The molecule has 2 atom stereocenters. The Morgan fingerprint density at radius 1 is 0.561 bits per heavy atom. The van der Waals surface area contributed by atoms with Gasteiger partial charge in [0.15, 0.2) is 0 Å². The van der Waals surface area contributed by atoms with E-state index in [1.807, 2.05) is 48.5 Å². The molecule has 66 heavy (non-hydrogen) atoms. The Balaban J connectivity index is 0.000000196. The summed E-state index contributed by atoms with van der Waals surface area (Å²) in [4.78, 5) is 12.9. The monoisotopic (exact) mass is 948 g/mol. The summed E-state index contributed by atoms with van der Waals surface area (Å²) in [6.07, 6.45) is 8.46. The summed E-state index contributed by atoms with van der Waals surface area (Å²) in [7, 11) is -7.31. The predicted molar refractivity (Wildman–Crippen MR) is 257 cm³/mol. The van der Waals surface area contributed by atoms with Gasteiger partial charge < -0.3 is 41.0 Å². The molecule has 2 aromatic heterocycles. The third-order valence-corrected chi connectivity index (χ3v) is 17.1. The van der Waals surface area contributed by atoms with Crippen molar-refractivity contribution in [3.8, 4) is 0 Å². The van der Waals surface area contributed by atoms with Gasteiger partial charge in [0.25, 0.3) is 0 Å². The van der Waals surface area contributed by atoms with Gasteiger partial charge in [-0.05, 0) is 138 Å². The fourth-order valence-electron chi connectivity index (χ4n) is 9.42. The lowest BCUT2D eigenvalue weighted by Gasteiger charge is -2.44. The van der Waals surface area contributed by atoms with Crippen molar-refractivity contribution in [1.82, 2.24) is 18.6 Å². The number of aliphatic hydroxyl groups is 2.